The zero-order chi connectivity index (χ0) is 31.9. The lowest BCUT2D eigenvalue weighted by molar-refractivity contribution is 0.0885. The number of fused-ring (bicyclic) bond motifs is 2. The first kappa shape index (κ1) is 31.0. The topological polar surface area (TPSA) is 120 Å². The van der Waals surface area contributed by atoms with Crippen molar-refractivity contribution in [1.82, 2.24) is 34.2 Å². The van der Waals surface area contributed by atoms with E-state index in [0.29, 0.717) is 65.9 Å². The van der Waals surface area contributed by atoms with Crippen LogP contribution in [0.25, 0.3) is 33.3 Å². The summed E-state index contributed by atoms with van der Waals surface area (Å²) in [6.07, 6.45) is 4.23. The Labute approximate surface area is 267 Å². The predicted molar refractivity (Wildman–Crippen MR) is 177 cm³/mol. The largest absolute Gasteiger partial charge is 0.465 e. The highest BCUT2D eigenvalue weighted by Crippen LogP contribution is 2.36. The van der Waals surface area contributed by atoms with Crippen molar-refractivity contribution < 1.29 is 19.4 Å². The molecule has 1 aliphatic heterocycles. The molecule has 11 nitrogen and oxygen atoms in total. The molecule has 236 valence electrons. The number of benzene rings is 2. The van der Waals surface area contributed by atoms with Crippen molar-refractivity contribution in [3.8, 4) is 22.8 Å². The van der Waals surface area contributed by atoms with E-state index in [1.165, 1.54) is 4.90 Å². The van der Waals surface area contributed by atoms with Gasteiger partial charge < -0.3 is 24.0 Å². The molecule has 0 aliphatic carbocycles. The first-order chi connectivity index (χ1) is 21.5. The summed E-state index contributed by atoms with van der Waals surface area (Å²) in [5.74, 6) is 1.98. The summed E-state index contributed by atoms with van der Waals surface area (Å²) in [7, 11) is -1.18. The van der Waals surface area contributed by atoms with Crippen LogP contribution in [0.3, 0.4) is 0 Å². The van der Waals surface area contributed by atoms with Crippen LogP contribution in [0.5, 0.6) is 11.5 Å². The number of hydrogen-bond donors (Lipinski definition) is 1. The van der Waals surface area contributed by atoms with Gasteiger partial charge in [0.1, 0.15) is 34.6 Å². The van der Waals surface area contributed by atoms with Crippen molar-refractivity contribution in [3.05, 3.63) is 59.3 Å². The first-order valence-electron chi connectivity index (χ1n) is 15.2. The van der Waals surface area contributed by atoms with Crippen LogP contribution in [-0.4, -0.2) is 73.2 Å². The van der Waals surface area contributed by atoms with E-state index in [4.69, 9.17) is 36.1 Å². The highest BCUT2D eigenvalue weighted by molar-refractivity contribution is 6.76. The molecular weight excluding hydrogens is 610 g/mol. The minimum atomic E-state index is -1.18. The molecule has 1 aliphatic rings. The number of piperidine rings is 1. The quantitative estimate of drug-likeness (QED) is 0.129. The zero-order valence-corrected chi connectivity index (χ0v) is 28.0. The number of aryl methyl sites for hydroxylation is 2. The van der Waals surface area contributed by atoms with Gasteiger partial charge in [0.05, 0.1) is 40.2 Å². The Balaban J connectivity index is 1.23. The molecule has 0 bridgehead atoms. The van der Waals surface area contributed by atoms with Crippen molar-refractivity contribution >= 4 is 47.8 Å². The van der Waals surface area contributed by atoms with Gasteiger partial charge in [0, 0.05) is 45.6 Å². The fraction of sp³-hybridized carbons (Fsp3) is 0.406. The van der Waals surface area contributed by atoms with E-state index >= 15 is 0 Å². The summed E-state index contributed by atoms with van der Waals surface area (Å²) in [5.41, 5.74) is 5.32. The van der Waals surface area contributed by atoms with Gasteiger partial charge in [-0.25, -0.2) is 14.8 Å². The van der Waals surface area contributed by atoms with E-state index in [2.05, 4.69) is 29.2 Å². The molecule has 1 fully saturated rings. The Bertz CT molecular complexity index is 1880. The molecule has 0 unspecified atom stereocenters. The van der Waals surface area contributed by atoms with Crippen molar-refractivity contribution in [2.75, 3.05) is 19.7 Å². The van der Waals surface area contributed by atoms with Gasteiger partial charge in [0.2, 0.25) is 0 Å². The minimum Gasteiger partial charge on any atom is -0.465 e. The third-order valence-electron chi connectivity index (χ3n) is 8.27. The summed E-state index contributed by atoms with van der Waals surface area (Å²) in [4.78, 5) is 27.0. The normalized spacial score (nSPS) is 14.5. The number of likely N-dealkylation sites (tertiary alicyclic amines) is 1. The van der Waals surface area contributed by atoms with Crippen LogP contribution in [0, 0.1) is 13.8 Å². The van der Waals surface area contributed by atoms with Crippen molar-refractivity contribution in [1.29, 1.82) is 0 Å². The van der Waals surface area contributed by atoms with Gasteiger partial charge in [0.15, 0.2) is 0 Å². The van der Waals surface area contributed by atoms with Crippen LogP contribution in [0.1, 0.15) is 30.4 Å². The molecule has 3 aromatic heterocycles. The fourth-order valence-corrected chi connectivity index (χ4v) is 6.58. The van der Waals surface area contributed by atoms with Crippen LogP contribution >= 0.6 is 11.6 Å². The van der Waals surface area contributed by atoms with Crippen LogP contribution in [0.2, 0.25) is 30.7 Å². The Hall–Kier alpha value is -4.00. The number of aromatic nitrogens is 6. The summed E-state index contributed by atoms with van der Waals surface area (Å²) < 4.78 is 16.3. The molecule has 1 saturated heterocycles. The number of ether oxygens (including phenoxy) is 2. The summed E-state index contributed by atoms with van der Waals surface area (Å²) in [5, 5.41) is 14.4. The molecule has 0 radical (unpaired) electrons. The van der Waals surface area contributed by atoms with Crippen LogP contribution in [0.4, 0.5) is 4.79 Å². The standard InChI is InChI=1S/C32H38ClN7O4Si/c1-20-24(18-40(37-20)22-10-12-38(13-11-22)32(41)42)27-17-34-26-8-9-29(30(33)31(26)36-27)44-23-6-7-25-28(16-23)39(21(2)35-25)19-43-14-15-45(3,4)5/h6-9,16-18,22H,10-15,19H2,1-5H3,(H,41,42). The number of amides is 1. The average Bonchev–Trinajstić information content (AvgIpc) is 3.54. The lowest BCUT2D eigenvalue weighted by Crippen LogP contribution is -2.38. The number of imidazole rings is 1. The van der Waals surface area contributed by atoms with Crippen LogP contribution in [-0.2, 0) is 11.5 Å². The molecule has 4 heterocycles. The highest BCUT2D eigenvalue weighted by atomic mass is 35.5. The maximum Gasteiger partial charge on any atom is 0.407 e. The third kappa shape index (κ3) is 6.68. The summed E-state index contributed by atoms with van der Waals surface area (Å²) >= 11 is 6.90. The van der Waals surface area contributed by atoms with Gasteiger partial charge >= 0.3 is 6.09 Å². The average molecular weight is 648 g/mol. The van der Waals surface area contributed by atoms with Crippen molar-refractivity contribution in [3.63, 3.8) is 0 Å². The highest BCUT2D eigenvalue weighted by Gasteiger charge is 2.25. The minimum absolute atomic E-state index is 0.124. The molecule has 13 heteroatoms. The number of nitrogens with zero attached hydrogens (tertiary/aromatic N) is 7. The van der Waals surface area contributed by atoms with Crippen molar-refractivity contribution in [2.24, 2.45) is 0 Å². The third-order valence-corrected chi connectivity index (χ3v) is 10.3. The maximum absolute atomic E-state index is 11.3. The second-order valence-electron chi connectivity index (χ2n) is 12.8. The Kier molecular flexibility index (Phi) is 8.55. The van der Waals surface area contributed by atoms with Gasteiger partial charge in [-0.3, -0.25) is 9.67 Å². The zero-order valence-electron chi connectivity index (χ0n) is 26.2. The SMILES string of the molecule is Cc1nn(C2CCN(C(=O)O)CC2)cc1-c1cnc2ccc(Oc3ccc4nc(C)n(COCC[Si](C)(C)C)c4c3)c(Cl)c2n1. The van der Waals surface area contributed by atoms with E-state index in [1.54, 1.807) is 12.3 Å². The number of carbonyl (C=O) groups is 1. The Morgan fingerprint density at radius 1 is 1.09 bits per heavy atom. The number of carboxylic acid groups (broad SMARTS) is 1. The molecule has 0 atom stereocenters. The van der Waals surface area contributed by atoms with E-state index in [0.717, 1.165) is 40.8 Å². The van der Waals surface area contributed by atoms with Gasteiger partial charge in [0.25, 0.3) is 0 Å². The molecule has 6 rings (SSSR count). The van der Waals surface area contributed by atoms with Crippen LogP contribution in [0.15, 0.2) is 42.7 Å². The lowest BCUT2D eigenvalue weighted by Gasteiger charge is -2.30. The number of halogens is 1. The Morgan fingerprint density at radius 3 is 2.58 bits per heavy atom. The molecule has 45 heavy (non-hydrogen) atoms. The molecular formula is C32H38ClN7O4Si. The van der Waals surface area contributed by atoms with Crippen molar-refractivity contribution in [2.45, 2.75) is 65.1 Å². The maximum atomic E-state index is 11.3. The molecule has 1 N–H and O–H groups in total. The summed E-state index contributed by atoms with van der Waals surface area (Å²) in [6.45, 7) is 13.1. The summed E-state index contributed by atoms with van der Waals surface area (Å²) in [6, 6.07) is 10.7. The monoisotopic (exact) mass is 647 g/mol. The molecule has 0 saturated carbocycles. The van der Waals surface area contributed by atoms with Crippen LogP contribution < -0.4 is 4.74 Å². The molecule has 5 aromatic rings. The second-order valence-corrected chi connectivity index (χ2v) is 18.8. The smallest absolute Gasteiger partial charge is 0.407 e. The second kappa shape index (κ2) is 12.4. The van der Waals surface area contributed by atoms with E-state index in [9.17, 15) is 9.90 Å². The van der Waals surface area contributed by atoms with Gasteiger partial charge in [-0.2, -0.15) is 5.10 Å². The van der Waals surface area contributed by atoms with E-state index in [-0.39, 0.29) is 6.04 Å². The molecule has 2 aromatic carbocycles. The van der Waals surface area contributed by atoms with Gasteiger partial charge in [-0.05, 0) is 57.0 Å². The fourth-order valence-electron chi connectivity index (χ4n) is 5.59. The molecule has 1 amide bonds. The van der Waals surface area contributed by atoms with E-state index in [1.807, 2.05) is 49.0 Å². The molecule has 0 spiro atoms. The lowest BCUT2D eigenvalue weighted by atomic mass is 10.1. The Morgan fingerprint density at radius 2 is 1.84 bits per heavy atom. The van der Waals surface area contributed by atoms with Gasteiger partial charge in [-0.1, -0.05) is 31.2 Å². The van der Waals surface area contributed by atoms with Gasteiger partial charge in [-0.15, -0.1) is 0 Å². The number of hydrogen-bond acceptors (Lipinski definition) is 7. The predicted octanol–water partition coefficient (Wildman–Crippen LogP) is 7.53. The van der Waals surface area contributed by atoms with E-state index < -0.39 is 14.2 Å². The first-order valence-corrected chi connectivity index (χ1v) is 19.3. The number of rotatable bonds is 9.